The van der Waals surface area contributed by atoms with Crippen molar-refractivity contribution in [2.75, 3.05) is 16.8 Å². The molecule has 1 aromatic carbocycles. The van der Waals surface area contributed by atoms with Gasteiger partial charge in [0.05, 0.1) is 5.92 Å². The van der Waals surface area contributed by atoms with Crippen molar-refractivity contribution in [3.63, 3.8) is 0 Å². The molecule has 1 atom stereocenters. The second kappa shape index (κ2) is 5.09. The van der Waals surface area contributed by atoms with Gasteiger partial charge in [-0.15, -0.1) is 0 Å². The van der Waals surface area contributed by atoms with Crippen LogP contribution in [0.15, 0.2) is 24.3 Å². The van der Waals surface area contributed by atoms with E-state index in [4.69, 9.17) is 5.73 Å². The van der Waals surface area contributed by atoms with E-state index in [1.54, 1.807) is 24.3 Å². The molecule has 6 nitrogen and oxygen atoms in total. The highest BCUT2D eigenvalue weighted by Gasteiger charge is 2.33. The van der Waals surface area contributed by atoms with E-state index in [-0.39, 0.29) is 24.8 Å². The Bertz CT molecular complexity index is 542. The number of anilines is 2. The first kappa shape index (κ1) is 13.1. The third kappa shape index (κ3) is 2.90. The molecular weight excluding hydrogens is 246 g/mol. The number of carbonyl (C=O) groups excluding carboxylic acids is 3. The third-order valence-corrected chi connectivity index (χ3v) is 3.01. The molecule has 1 aliphatic heterocycles. The van der Waals surface area contributed by atoms with Crippen LogP contribution < -0.4 is 16.0 Å². The van der Waals surface area contributed by atoms with Crippen molar-refractivity contribution in [2.45, 2.75) is 13.3 Å². The Morgan fingerprint density at radius 2 is 2.16 bits per heavy atom. The lowest BCUT2D eigenvalue weighted by Crippen LogP contribution is -2.28. The monoisotopic (exact) mass is 261 g/mol. The number of nitrogens with one attached hydrogen (secondary N) is 1. The van der Waals surface area contributed by atoms with Crippen LogP contribution in [0.5, 0.6) is 0 Å². The van der Waals surface area contributed by atoms with Crippen LogP contribution in [0.1, 0.15) is 13.3 Å². The Morgan fingerprint density at radius 1 is 1.42 bits per heavy atom. The van der Waals surface area contributed by atoms with Crippen LogP contribution in [0.4, 0.5) is 11.4 Å². The zero-order valence-electron chi connectivity index (χ0n) is 10.6. The minimum absolute atomic E-state index is 0.135. The van der Waals surface area contributed by atoms with Crippen LogP contribution in [0, 0.1) is 5.92 Å². The highest BCUT2D eigenvalue weighted by atomic mass is 16.2. The van der Waals surface area contributed by atoms with Gasteiger partial charge >= 0.3 is 0 Å². The number of benzene rings is 1. The summed E-state index contributed by atoms with van der Waals surface area (Å²) in [4.78, 5) is 35.5. The Balaban J connectivity index is 2.20. The predicted octanol–water partition coefficient (Wildman–Crippen LogP) is 0.483. The SMILES string of the molecule is CC(=O)Nc1cccc(N2C[C@@H](C(N)=O)CC2=O)c1. The molecule has 0 bridgehead atoms. The van der Waals surface area contributed by atoms with E-state index in [9.17, 15) is 14.4 Å². The van der Waals surface area contributed by atoms with Crippen LogP contribution in [-0.4, -0.2) is 24.3 Å². The van der Waals surface area contributed by atoms with E-state index in [0.717, 1.165) is 0 Å². The summed E-state index contributed by atoms with van der Waals surface area (Å²) in [6.07, 6.45) is 0.139. The zero-order valence-corrected chi connectivity index (χ0v) is 10.6. The summed E-state index contributed by atoms with van der Waals surface area (Å²) in [7, 11) is 0. The van der Waals surface area contributed by atoms with Gasteiger partial charge in [0, 0.05) is 31.3 Å². The van der Waals surface area contributed by atoms with Gasteiger partial charge in [-0.1, -0.05) is 6.07 Å². The second-order valence-corrected chi connectivity index (χ2v) is 4.54. The fraction of sp³-hybridized carbons (Fsp3) is 0.308. The number of nitrogens with zero attached hydrogens (tertiary/aromatic N) is 1. The molecule has 19 heavy (non-hydrogen) atoms. The van der Waals surface area contributed by atoms with Crippen molar-refractivity contribution in [3.8, 4) is 0 Å². The Labute approximate surface area is 110 Å². The van der Waals surface area contributed by atoms with E-state index >= 15 is 0 Å². The first-order chi connectivity index (χ1) is 8.97. The maximum absolute atomic E-state index is 11.9. The molecule has 1 heterocycles. The van der Waals surface area contributed by atoms with E-state index in [1.807, 2.05) is 0 Å². The van der Waals surface area contributed by atoms with Crippen molar-refractivity contribution < 1.29 is 14.4 Å². The molecule has 0 spiro atoms. The van der Waals surface area contributed by atoms with Crippen LogP contribution >= 0.6 is 0 Å². The number of hydrogen-bond acceptors (Lipinski definition) is 3. The first-order valence-corrected chi connectivity index (χ1v) is 5.94. The Kier molecular flexibility index (Phi) is 3.50. The van der Waals surface area contributed by atoms with Gasteiger partial charge in [-0.3, -0.25) is 14.4 Å². The van der Waals surface area contributed by atoms with Gasteiger partial charge in [0.2, 0.25) is 17.7 Å². The molecule has 1 fully saturated rings. The average molecular weight is 261 g/mol. The van der Waals surface area contributed by atoms with Gasteiger partial charge < -0.3 is 16.0 Å². The number of nitrogens with two attached hydrogens (primary N) is 1. The highest BCUT2D eigenvalue weighted by Crippen LogP contribution is 2.26. The lowest BCUT2D eigenvalue weighted by molar-refractivity contribution is -0.123. The largest absolute Gasteiger partial charge is 0.369 e. The molecule has 0 aliphatic carbocycles. The van der Waals surface area contributed by atoms with E-state index in [2.05, 4.69) is 5.32 Å². The van der Waals surface area contributed by atoms with Crippen LogP contribution in [-0.2, 0) is 14.4 Å². The summed E-state index contributed by atoms with van der Waals surface area (Å²) in [5, 5.41) is 2.65. The normalized spacial score (nSPS) is 18.5. The molecule has 3 amide bonds. The van der Waals surface area contributed by atoms with Crippen LogP contribution in [0.3, 0.4) is 0 Å². The van der Waals surface area contributed by atoms with Gasteiger partial charge in [0.1, 0.15) is 0 Å². The zero-order chi connectivity index (χ0) is 14.0. The maximum Gasteiger partial charge on any atom is 0.227 e. The molecule has 3 N–H and O–H groups in total. The topological polar surface area (TPSA) is 92.5 Å². The number of carbonyl (C=O) groups is 3. The first-order valence-electron chi connectivity index (χ1n) is 5.94. The average Bonchev–Trinajstić information content (AvgIpc) is 2.71. The number of hydrogen-bond donors (Lipinski definition) is 2. The maximum atomic E-state index is 11.9. The van der Waals surface area contributed by atoms with Crippen molar-refractivity contribution in [1.29, 1.82) is 0 Å². The molecule has 1 aliphatic rings. The van der Waals surface area contributed by atoms with Gasteiger partial charge in [-0.2, -0.15) is 0 Å². The Morgan fingerprint density at radius 3 is 2.74 bits per heavy atom. The van der Waals surface area contributed by atoms with Crippen molar-refractivity contribution in [2.24, 2.45) is 11.7 Å². The molecule has 1 aromatic rings. The predicted molar refractivity (Wildman–Crippen MR) is 70.4 cm³/mol. The fourth-order valence-electron chi connectivity index (χ4n) is 2.10. The molecular formula is C13H15N3O3. The molecule has 0 radical (unpaired) electrons. The van der Waals surface area contributed by atoms with Crippen molar-refractivity contribution in [3.05, 3.63) is 24.3 Å². The lowest BCUT2D eigenvalue weighted by Gasteiger charge is -2.17. The highest BCUT2D eigenvalue weighted by molar-refractivity contribution is 6.00. The second-order valence-electron chi connectivity index (χ2n) is 4.54. The van der Waals surface area contributed by atoms with E-state index in [1.165, 1.54) is 11.8 Å². The minimum atomic E-state index is -0.464. The van der Waals surface area contributed by atoms with Gasteiger partial charge in [-0.25, -0.2) is 0 Å². The standard InChI is InChI=1S/C13H15N3O3/c1-8(17)15-10-3-2-4-11(6-10)16-7-9(13(14)19)5-12(16)18/h2-4,6,9H,5,7H2,1H3,(H2,14,19)(H,15,17)/t9-/m0/s1. The number of amides is 3. The minimum Gasteiger partial charge on any atom is -0.369 e. The smallest absolute Gasteiger partial charge is 0.227 e. The van der Waals surface area contributed by atoms with Crippen LogP contribution in [0.2, 0.25) is 0 Å². The van der Waals surface area contributed by atoms with E-state index in [0.29, 0.717) is 11.4 Å². The summed E-state index contributed by atoms with van der Waals surface area (Å²) in [5.74, 6) is -1.23. The van der Waals surface area contributed by atoms with Crippen LogP contribution in [0.25, 0.3) is 0 Å². The molecule has 0 aromatic heterocycles. The fourth-order valence-corrected chi connectivity index (χ4v) is 2.10. The molecule has 1 saturated heterocycles. The Hall–Kier alpha value is -2.37. The summed E-state index contributed by atoms with van der Waals surface area (Å²) in [5.41, 5.74) is 6.49. The van der Waals surface area contributed by atoms with Gasteiger partial charge in [0.15, 0.2) is 0 Å². The van der Waals surface area contributed by atoms with Crippen molar-refractivity contribution in [1.82, 2.24) is 0 Å². The van der Waals surface area contributed by atoms with Gasteiger partial charge in [0.25, 0.3) is 0 Å². The molecule has 2 rings (SSSR count). The quantitative estimate of drug-likeness (QED) is 0.829. The molecule has 100 valence electrons. The number of rotatable bonds is 3. The summed E-state index contributed by atoms with van der Waals surface area (Å²) < 4.78 is 0. The third-order valence-electron chi connectivity index (χ3n) is 3.01. The molecule has 0 unspecified atom stereocenters. The summed E-state index contributed by atoms with van der Waals surface area (Å²) in [6, 6.07) is 6.93. The lowest BCUT2D eigenvalue weighted by atomic mass is 10.1. The van der Waals surface area contributed by atoms with Crippen molar-refractivity contribution >= 4 is 29.1 Å². The summed E-state index contributed by atoms with van der Waals surface area (Å²) >= 11 is 0. The number of primary amides is 1. The molecule has 0 saturated carbocycles. The van der Waals surface area contributed by atoms with Gasteiger partial charge in [-0.05, 0) is 18.2 Å². The van der Waals surface area contributed by atoms with E-state index < -0.39 is 11.8 Å². The molecule has 6 heteroatoms. The summed E-state index contributed by atoms with van der Waals surface area (Å²) in [6.45, 7) is 1.70.